The van der Waals surface area contributed by atoms with Gasteiger partial charge in [-0.2, -0.15) is 0 Å². The zero-order valence-corrected chi connectivity index (χ0v) is 11.3. The molecule has 0 fully saturated rings. The lowest BCUT2D eigenvalue weighted by Gasteiger charge is -2.17. The molecule has 1 aromatic rings. The smallest absolute Gasteiger partial charge is 0.161 e. The first-order valence-corrected chi connectivity index (χ1v) is 6.34. The summed E-state index contributed by atoms with van der Waals surface area (Å²) in [6.45, 7) is 4.98. The second-order valence-electron chi connectivity index (χ2n) is 4.33. The zero-order valence-electron chi connectivity index (χ0n) is 11.3. The number of para-hydroxylation sites is 2. The Hall–Kier alpha value is -1.26. The normalized spacial score (nSPS) is 14.0. The number of rotatable bonds is 8. The van der Waals surface area contributed by atoms with Gasteiger partial charge in [-0.15, -0.1) is 0 Å². The molecule has 0 radical (unpaired) electrons. The summed E-state index contributed by atoms with van der Waals surface area (Å²) >= 11 is 0. The summed E-state index contributed by atoms with van der Waals surface area (Å²) in [6, 6.07) is 7.83. The van der Waals surface area contributed by atoms with Crippen LogP contribution in [0.3, 0.4) is 0 Å². The van der Waals surface area contributed by atoms with Gasteiger partial charge in [-0.25, -0.2) is 0 Å². The van der Waals surface area contributed by atoms with Crippen molar-refractivity contribution < 1.29 is 14.6 Å². The molecular weight excluding hydrogens is 230 g/mol. The Morgan fingerprint density at radius 2 is 1.94 bits per heavy atom. The van der Waals surface area contributed by atoms with Gasteiger partial charge in [0.2, 0.25) is 0 Å². The quantitative estimate of drug-likeness (QED) is 0.742. The van der Waals surface area contributed by atoms with Crippen molar-refractivity contribution >= 4 is 0 Å². The van der Waals surface area contributed by atoms with Crippen molar-refractivity contribution in [2.75, 3.05) is 20.3 Å². The van der Waals surface area contributed by atoms with E-state index in [-0.39, 0.29) is 6.61 Å². The van der Waals surface area contributed by atoms with Gasteiger partial charge in [0.1, 0.15) is 12.7 Å². The molecule has 0 aromatic heterocycles. The molecule has 0 unspecified atom stereocenters. The Balaban J connectivity index is 2.35. The van der Waals surface area contributed by atoms with Gasteiger partial charge >= 0.3 is 0 Å². The first kappa shape index (κ1) is 14.8. The van der Waals surface area contributed by atoms with E-state index in [4.69, 9.17) is 9.47 Å². The maximum Gasteiger partial charge on any atom is 0.161 e. The van der Waals surface area contributed by atoms with Crippen molar-refractivity contribution in [3.8, 4) is 11.5 Å². The minimum Gasteiger partial charge on any atom is -0.493 e. The molecule has 102 valence electrons. The molecular formula is C14H23NO3. The lowest BCUT2D eigenvalue weighted by Crippen LogP contribution is -2.36. The monoisotopic (exact) mass is 253 g/mol. The fourth-order valence-electron chi connectivity index (χ4n) is 1.46. The third-order valence-corrected chi connectivity index (χ3v) is 2.81. The molecule has 1 rings (SSSR count). The summed E-state index contributed by atoms with van der Waals surface area (Å²) in [6.07, 6.45) is 0.518. The van der Waals surface area contributed by atoms with Gasteiger partial charge in [0.15, 0.2) is 11.5 Å². The van der Waals surface area contributed by atoms with Gasteiger partial charge in [0, 0.05) is 12.6 Å². The molecule has 0 saturated heterocycles. The third-order valence-electron chi connectivity index (χ3n) is 2.81. The fourth-order valence-corrected chi connectivity index (χ4v) is 1.46. The van der Waals surface area contributed by atoms with Crippen LogP contribution in [0.1, 0.15) is 20.3 Å². The average molecular weight is 253 g/mol. The Kier molecular flexibility index (Phi) is 6.54. The SMILES string of the molecule is CC[C@@H](C)NC[C@@H](O)COc1ccccc1OC. The minimum atomic E-state index is -0.524. The van der Waals surface area contributed by atoms with Crippen molar-refractivity contribution in [2.45, 2.75) is 32.4 Å². The number of aliphatic hydroxyl groups is 1. The number of hydrogen-bond donors (Lipinski definition) is 2. The Morgan fingerprint density at radius 3 is 2.56 bits per heavy atom. The largest absolute Gasteiger partial charge is 0.493 e. The van der Waals surface area contributed by atoms with E-state index < -0.39 is 6.10 Å². The molecule has 0 spiro atoms. The number of ether oxygens (including phenoxy) is 2. The van der Waals surface area contributed by atoms with Gasteiger partial charge in [0.25, 0.3) is 0 Å². The topological polar surface area (TPSA) is 50.7 Å². The Labute approximate surface area is 109 Å². The van der Waals surface area contributed by atoms with E-state index in [0.29, 0.717) is 24.1 Å². The van der Waals surface area contributed by atoms with E-state index in [1.54, 1.807) is 7.11 Å². The van der Waals surface area contributed by atoms with Crippen LogP contribution in [0.25, 0.3) is 0 Å². The molecule has 2 N–H and O–H groups in total. The van der Waals surface area contributed by atoms with Crippen LogP contribution in [-0.4, -0.2) is 37.5 Å². The van der Waals surface area contributed by atoms with Crippen molar-refractivity contribution in [3.05, 3.63) is 24.3 Å². The molecule has 0 saturated carbocycles. The number of hydrogen-bond acceptors (Lipinski definition) is 4. The van der Waals surface area contributed by atoms with Crippen LogP contribution in [0, 0.1) is 0 Å². The number of aliphatic hydroxyl groups excluding tert-OH is 1. The Morgan fingerprint density at radius 1 is 1.28 bits per heavy atom. The van der Waals surface area contributed by atoms with Crippen LogP contribution >= 0.6 is 0 Å². The van der Waals surface area contributed by atoms with Crippen LogP contribution < -0.4 is 14.8 Å². The molecule has 0 aliphatic rings. The third kappa shape index (κ3) is 4.94. The molecule has 4 heteroatoms. The van der Waals surface area contributed by atoms with Gasteiger partial charge in [-0.3, -0.25) is 0 Å². The number of nitrogens with one attached hydrogen (secondary N) is 1. The van der Waals surface area contributed by atoms with E-state index in [0.717, 1.165) is 6.42 Å². The van der Waals surface area contributed by atoms with Gasteiger partial charge < -0.3 is 19.9 Å². The molecule has 4 nitrogen and oxygen atoms in total. The second-order valence-corrected chi connectivity index (χ2v) is 4.33. The Bertz CT molecular complexity index is 344. The summed E-state index contributed by atoms with van der Waals surface area (Å²) in [4.78, 5) is 0. The second kappa shape index (κ2) is 7.95. The van der Waals surface area contributed by atoms with Crippen LogP contribution in [0.2, 0.25) is 0 Å². The van der Waals surface area contributed by atoms with Crippen LogP contribution in [0.5, 0.6) is 11.5 Å². The average Bonchev–Trinajstić information content (AvgIpc) is 2.42. The summed E-state index contributed by atoms with van der Waals surface area (Å²) < 4.78 is 10.7. The van der Waals surface area contributed by atoms with E-state index in [1.165, 1.54) is 0 Å². The number of benzene rings is 1. The van der Waals surface area contributed by atoms with Crippen LogP contribution in [0.4, 0.5) is 0 Å². The maximum absolute atomic E-state index is 9.79. The lowest BCUT2D eigenvalue weighted by atomic mass is 10.2. The van der Waals surface area contributed by atoms with Gasteiger partial charge in [-0.05, 0) is 25.5 Å². The highest BCUT2D eigenvalue weighted by Gasteiger charge is 2.09. The van der Waals surface area contributed by atoms with Crippen LogP contribution in [-0.2, 0) is 0 Å². The van der Waals surface area contributed by atoms with Crippen LogP contribution in [0.15, 0.2) is 24.3 Å². The van der Waals surface area contributed by atoms with E-state index >= 15 is 0 Å². The molecule has 1 aromatic carbocycles. The zero-order chi connectivity index (χ0) is 13.4. The summed E-state index contributed by atoms with van der Waals surface area (Å²) in [5.41, 5.74) is 0. The molecule has 2 atom stereocenters. The lowest BCUT2D eigenvalue weighted by molar-refractivity contribution is 0.102. The predicted octanol–water partition coefficient (Wildman–Crippen LogP) is 1.82. The van der Waals surface area contributed by atoms with Crippen molar-refractivity contribution in [1.29, 1.82) is 0 Å². The van der Waals surface area contributed by atoms with Gasteiger partial charge in [-0.1, -0.05) is 19.1 Å². The van der Waals surface area contributed by atoms with Crippen molar-refractivity contribution in [2.24, 2.45) is 0 Å². The maximum atomic E-state index is 9.79. The first-order valence-electron chi connectivity index (χ1n) is 6.34. The summed E-state index contributed by atoms with van der Waals surface area (Å²) in [5.74, 6) is 1.34. The standard InChI is InChI=1S/C14H23NO3/c1-4-11(2)15-9-12(16)10-18-14-8-6-5-7-13(14)17-3/h5-8,11-12,15-16H,4,9-10H2,1-3H3/t11-,12-/m1/s1. The van der Waals surface area contributed by atoms with E-state index in [9.17, 15) is 5.11 Å². The number of methoxy groups -OCH3 is 1. The van der Waals surface area contributed by atoms with E-state index in [2.05, 4.69) is 19.2 Å². The molecule has 18 heavy (non-hydrogen) atoms. The highest BCUT2D eigenvalue weighted by molar-refractivity contribution is 5.39. The summed E-state index contributed by atoms with van der Waals surface area (Å²) in [7, 11) is 1.60. The van der Waals surface area contributed by atoms with E-state index in [1.807, 2.05) is 24.3 Å². The molecule has 0 aliphatic carbocycles. The van der Waals surface area contributed by atoms with Crippen molar-refractivity contribution in [1.82, 2.24) is 5.32 Å². The molecule has 0 bridgehead atoms. The molecule has 0 aliphatic heterocycles. The highest BCUT2D eigenvalue weighted by atomic mass is 16.5. The van der Waals surface area contributed by atoms with Crippen molar-refractivity contribution in [3.63, 3.8) is 0 Å². The van der Waals surface area contributed by atoms with Gasteiger partial charge in [0.05, 0.1) is 7.11 Å². The first-order chi connectivity index (χ1) is 8.67. The molecule has 0 heterocycles. The molecule has 0 amide bonds. The fraction of sp³-hybridized carbons (Fsp3) is 0.571. The minimum absolute atomic E-state index is 0.254. The predicted molar refractivity (Wildman–Crippen MR) is 72.3 cm³/mol. The summed E-state index contributed by atoms with van der Waals surface area (Å²) in [5, 5.41) is 13.0. The highest BCUT2D eigenvalue weighted by Crippen LogP contribution is 2.25.